The summed E-state index contributed by atoms with van der Waals surface area (Å²) in [6.07, 6.45) is 2.51. The maximum Gasteiger partial charge on any atom is 0.172 e. The highest BCUT2D eigenvalue weighted by Crippen LogP contribution is 2.26. The van der Waals surface area contributed by atoms with Gasteiger partial charge >= 0.3 is 0 Å². The van der Waals surface area contributed by atoms with Crippen LogP contribution in [0.25, 0.3) is 11.4 Å². The molecule has 0 aliphatic rings. The second-order valence-electron chi connectivity index (χ2n) is 2.78. The molecule has 0 saturated heterocycles. The molecule has 0 aliphatic heterocycles. The van der Waals surface area contributed by atoms with Crippen LogP contribution in [0.5, 0.6) is 0 Å². The van der Waals surface area contributed by atoms with E-state index in [1.807, 2.05) is 0 Å². The van der Waals surface area contributed by atoms with Crippen molar-refractivity contribution in [3.63, 3.8) is 0 Å². The summed E-state index contributed by atoms with van der Waals surface area (Å²) in [5.74, 6) is -6.11. The molecule has 2 rings (SSSR count). The number of aromatic nitrogens is 2. The van der Waals surface area contributed by atoms with Gasteiger partial charge in [-0.2, -0.15) is 0 Å². The van der Waals surface area contributed by atoms with Gasteiger partial charge in [-0.1, -0.05) is 0 Å². The molecule has 0 fully saturated rings. The Kier molecular flexibility index (Phi) is 2.18. The molecule has 0 aliphatic carbocycles. The number of benzene rings is 1. The molecule has 0 saturated carbocycles. The number of nitrogens with one attached hydrogen (secondary N) is 1. The minimum absolute atomic E-state index is 0.150. The lowest BCUT2D eigenvalue weighted by molar-refractivity contribution is 0.457. The van der Waals surface area contributed by atoms with Crippen LogP contribution in [0.1, 0.15) is 0 Å². The van der Waals surface area contributed by atoms with Gasteiger partial charge in [-0.15, -0.1) is 0 Å². The summed E-state index contributed by atoms with van der Waals surface area (Å²) in [5.41, 5.74) is -0.836. The normalized spacial score (nSPS) is 10.7. The van der Waals surface area contributed by atoms with Crippen molar-refractivity contribution in [2.24, 2.45) is 0 Å². The zero-order valence-electron chi connectivity index (χ0n) is 7.19. The Morgan fingerprint density at radius 1 is 1.00 bits per heavy atom. The van der Waals surface area contributed by atoms with Crippen molar-refractivity contribution in [3.8, 4) is 11.4 Å². The molecule has 6 heteroatoms. The van der Waals surface area contributed by atoms with Gasteiger partial charge in [0, 0.05) is 18.5 Å². The van der Waals surface area contributed by atoms with Crippen molar-refractivity contribution in [1.82, 2.24) is 9.97 Å². The average Bonchev–Trinajstić information content (AvgIpc) is 2.69. The topological polar surface area (TPSA) is 28.7 Å². The molecular formula is C9H4F4N2. The lowest BCUT2D eigenvalue weighted by Crippen LogP contribution is -1.99. The maximum atomic E-state index is 13.2. The fourth-order valence-corrected chi connectivity index (χ4v) is 1.18. The lowest BCUT2D eigenvalue weighted by Gasteiger charge is -2.03. The number of imidazole rings is 1. The smallest absolute Gasteiger partial charge is 0.172 e. The van der Waals surface area contributed by atoms with Crippen molar-refractivity contribution < 1.29 is 17.6 Å². The van der Waals surface area contributed by atoms with Crippen LogP contribution in [0, 0.1) is 23.3 Å². The van der Waals surface area contributed by atoms with E-state index in [0.29, 0.717) is 0 Å². The van der Waals surface area contributed by atoms with Gasteiger partial charge in [0.15, 0.2) is 23.3 Å². The van der Waals surface area contributed by atoms with E-state index in [1.165, 1.54) is 12.4 Å². The zero-order valence-corrected chi connectivity index (χ0v) is 7.19. The maximum absolute atomic E-state index is 13.2. The average molecular weight is 216 g/mol. The molecular weight excluding hydrogens is 212 g/mol. The van der Waals surface area contributed by atoms with Gasteiger partial charge in [-0.25, -0.2) is 22.5 Å². The predicted molar refractivity (Wildman–Crippen MR) is 43.9 cm³/mol. The number of hydrogen-bond donors (Lipinski definition) is 1. The lowest BCUT2D eigenvalue weighted by atomic mass is 10.1. The minimum Gasteiger partial charge on any atom is -0.344 e. The molecule has 78 valence electrons. The number of rotatable bonds is 1. The second kappa shape index (κ2) is 3.38. The number of aromatic amines is 1. The Morgan fingerprint density at radius 2 is 1.60 bits per heavy atom. The Bertz CT molecular complexity index is 467. The van der Waals surface area contributed by atoms with Crippen molar-refractivity contribution in [2.75, 3.05) is 0 Å². The van der Waals surface area contributed by atoms with E-state index in [9.17, 15) is 17.6 Å². The van der Waals surface area contributed by atoms with Crippen LogP contribution in [0.4, 0.5) is 17.6 Å². The highest BCUT2D eigenvalue weighted by atomic mass is 19.2. The largest absolute Gasteiger partial charge is 0.344 e. The van der Waals surface area contributed by atoms with Crippen LogP contribution in [0.2, 0.25) is 0 Å². The van der Waals surface area contributed by atoms with Crippen molar-refractivity contribution in [2.45, 2.75) is 0 Å². The van der Waals surface area contributed by atoms with Crippen molar-refractivity contribution in [3.05, 3.63) is 41.7 Å². The van der Waals surface area contributed by atoms with Gasteiger partial charge in [0.1, 0.15) is 5.82 Å². The Hall–Kier alpha value is -1.85. The summed E-state index contributed by atoms with van der Waals surface area (Å²) in [6.45, 7) is 0. The van der Waals surface area contributed by atoms with Gasteiger partial charge in [0.2, 0.25) is 0 Å². The standard InChI is InChI=1S/C9H4F4N2/c10-4-3-5(11)8(13)6(7(4)12)9-14-1-2-15-9/h1-3H,(H,14,15). The summed E-state index contributed by atoms with van der Waals surface area (Å²) in [7, 11) is 0. The van der Waals surface area contributed by atoms with E-state index in [0.717, 1.165) is 0 Å². The molecule has 0 spiro atoms. The fraction of sp³-hybridized carbons (Fsp3) is 0. The molecule has 1 aromatic heterocycles. The highest BCUT2D eigenvalue weighted by Gasteiger charge is 2.21. The molecule has 1 N–H and O–H groups in total. The molecule has 15 heavy (non-hydrogen) atoms. The first-order valence-electron chi connectivity index (χ1n) is 3.94. The fourth-order valence-electron chi connectivity index (χ4n) is 1.18. The van der Waals surface area contributed by atoms with Crippen molar-refractivity contribution in [1.29, 1.82) is 0 Å². The van der Waals surface area contributed by atoms with E-state index in [-0.39, 0.29) is 11.9 Å². The monoisotopic (exact) mass is 216 g/mol. The van der Waals surface area contributed by atoms with Gasteiger partial charge in [-0.05, 0) is 0 Å². The molecule has 2 aromatic rings. The number of halogens is 4. The van der Waals surface area contributed by atoms with E-state index in [2.05, 4.69) is 9.97 Å². The summed E-state index contributed by atoms with van der Waals surface area (Å²) >= 11 is 0. The number of H-pyrrole nitrogens is 1. The van der Waals surface area contributed by atoms with E-state index in [1.54, 1.807) is 0 Å². The second-order valence-corrected chi connectivity index (χ2v) is 2.78. The third-order valence-corrected chi connectivity index (χ3v) is 1.85. The van der Waals surface area contributed by atoms with Gasteiger partial charge < -0.3 is 4.98 Å². The van der Waals surface area contributed by atoms with E-state index in [4.69, 9.17) is 0 Å². The minimum atomic E-state index is -1.47. The molecule has 0 bridgehead atoms. The Labute approximate surface area is 81.6 Å². The molecule has 0 radical (unpaired) electrons. The summed E-state index contributed by atoms with van der Waals surface area (Å²) < 4.78 is 51.9. The number of nitrogens with zero attached hydrogens (tertiary/aromatic N) is 1. The van der Waals surface area contributed by atoms with Crippen molar-refractivity contribution >= 4 is 0 Å². The van der Waals surface area contributed by atoms with E-state index < -0.39 is 28.8 Å². The summed E-state index contributed by atoms with van der Waals surface area (Å²) in [5, 5.41) is 0. The van der Waals surface area contributed by atoms with Gasteiger partial charge in [0.05, 0.1) is 5.56 Å². The Balaban J connectivity index is 2.75. The third kappa shape index (κ3) is 1.47. The van der Waals surface area contributed by atoms with Crippen LogP contribution in [0.3, 0.4) is 0 Å². The quantitative estimate of drug-likeness (QED) is 0.576. The van der Waals surface area contributed by atoms with Gasteiger partial charge in [-0.3, -0.25) is 0 Å². The molecule has 0 atom stereocenters. The Morgan fingerprint density at radius 3 is 2.07 bits per heavy atom. The molecule has 1 aromatic carbocycles. The highest BCUT2D eigenvalue weighted by molar-refractivity contribution is 5.57. The summed E-state index contributed by atoms with van der Waals surface area (Å²) in [4.78, 5) is 5.89. The van der Waals surface area contributed by atoms with E-state index >= 15 is 0 Å². The van der Waals surface area contributed by atoms with Crippen LogP contribution in [-0.2, 0) is 0 Å². The van der Waals surface area contributed by atoms with Crippen LogP contribution < -0.4 is 0 Å². The van der Waals surface area contributed by atoms with Crippen LogP contribution in [-0.4, -0.2) is 9.97 Å². The van der Waals surface area contributed by atoms with Crippen LogP contribution >= 0.6 is 0 Å². The van der Waals surface area contributed by atoms with Gasteiger partial charge in [0.25, 0.3) is 0 Å². The molecule has 0 amide bonds. The summed E-state index contributed by atoms with van der Waals surface area (Å²) in [6, 6.07) is 0.150. The number of hydrogen-bond acceptors (Lipinski definition) is 1. The zero-order chi connectivity index (χ0) is 11.0. The predicted octanol–water partition coefficient (Wildman–Crippen LogP) is 2.63. The first kappa shape index (κ1) is 9.70. The first-order chi connectivity index (χ1) is 7.11. The van der Waals surface area contributed by atoms with Crippen LogP contribution in [0.15, 0.2) is 18.5 Å². The molecule has 1 heterocycles. The molecule has 2 nitrogen and oxygen atoms in total. The SMILES string of the molecule is Fc1cc(F)c(F)c(-c2ncc[nH]2)c1F. The molecule has 0 unspecified atom stereocenters. The first-order valence-corrected chi connectivity index (χ1v) is 3.94. The third-order valence-electron chi connectivity index (χ3n) is 1.85.